The fourth-order valence-corrected chi connectivity index (χ4v) is 1.96. The van der Waals surface area contributed by atoms with E-state index in [9.17, 15) is 0 Å². The molecule has 0 saturated carbocycles. The van der Waals surface area contributed by atoms with Crippen LogP contribution in [0.15, 0.2) is 48.5 Å². The van der Waals surface area contributed by atoms with E-state index in [1.54, 1.807) is 0 Å². The third-order valence-corrected chi connectivity index (χ3v) is 2.90. The van der Waals surface area contributed by atoms with Gasteiger partial charge in [0.25, 0.3) is 0 Å². The molecule has 4 heterocycles. The number of hydrogen-bond acceptors (Lipinski definition) is 1. The van der Waals surface area contributed by atoms with Gasteiger partial charge in [-0.05, 0) is 48.2 Å². The molecule has 0 saturated heterocycles. The van der Waals surface area contributed by atoms with Crippen molar-refractivity contribution in [2.45, 2.75) is 12.8 Å². The van der Waals surface area contributed by atoms with E-state index < -0.39 is 0 Å². The molecule has 2 aromatic rings. The van der Waals surface area contributed by atoms with Gasteiger partial charge in [0.1, 0.15) is 0 Å². The van der Waals surface area contributed by atoms with Crippen LogP contribution in [0.5, 0.6) is 0 Å². The predicted molar refractivity (Wildman–Crippen MR) is 63.6 cm³/mol. The third-order valence-electron chi connectivity index (χ3n) is 2.90. The summed E-state index contributed by atoms with van der Waals surface area (Å²) in [5.41, 5.74) is 5.14. The lowest BCUT2D eigenvalue weighted by molar-refractivity contribution is 0.962. The molecule has 0 unspecified atom stereocenters. The number of rotatable bonds is 0. The zero-order chi connectivity index (χ0) is 10.1. The topological polar surface area (TPSA) is 12.0 Å². The zero-order valence-corrected chi connectivity index (χ0v) is 8.53. The molecule has 0 amide bonds. The normalized spacial score (nSPS) is 13.3. The van der Waals surface area contributed by atoms with Gasteiger partial charge in [-0.1, -0.05) is 24.3 Å². The minimum absolute atomic E-state index is 1.12. The van der Waals surface area contributed by atoms with Crippen LogP contribution in [0.3, 0.4) is 0 Å². The van der Waals surface area contributed by atoms with Gasteiger partial charge in [-0.25, -0.2) is 0 Å². The molecule has 15 heavy (non-hydrogen) atoms. The Morgan fingerprint density at radius 3 is 1.40 bits per heavy atom. The molecule has 0 aliphatic carbocycles. The van der Waals surface area contributed by atoms with Crippen LogP contribution in [0, 0.1) is 0 Å². The first kappa shape index (κ1) is 8.54. The van der Waals surface area contributed by atoms with Crippen LogP contribution in [0.4, 0.5) is 11.4 Å². The van der Waals surface area contributed by atoms with Gasteiger partial charge in [0.05, 0.1) is 0 Å². The second-order valence-electron chi connectivity index (χ2n) is 4.02. The van der Waals surface area contributed by atoms with Gasteiger partial charge in [0.2, 0.25) is 0 Å². The number of nitrogens with one attached hydrogen (secondary N) is 1. The van der Waals surface area contributed by atoms with Crippen LogP contribution in [0.1, 0.15) is 11.1 Å². The Kier molecular flexibility index (Phi) is 1.95. The summed E-state index contributed by atoms with van der Waals surface area (Å²) < 4.78 is 0. The van der Waals surface area contributed by atoms with Gasteiger partial charge in [-0.15, -0.1) is 0 Å². The van der Waals surface area contributed by atoms with Crippen LogP contribution >= 0.6 is 0 Å². The molecule has 1 heteroatoms. The van der Waals surface area contributed by atoms with Crippen LogP contribution in [-0.4, -0.2) is 0 Å². The highest BCUT2D eigenvalue weighted by molar-refractivity contribution is 5.60. The Balaban J connectivity index is 2.09. The molecular formula is C14H13N. The molecular weight excluding hydrogens is 182 g/mol. The Bertz CT molecular complexity index is 408. The quantitative estimate of drug-likeness (QED) is 0.678. The van der Waals surface area contributed by atoms with Crippen LogP contribution in [0.2, 0.25) is 0 Å². The lowest BCUT2D eigenvalue weighted by Gasteiger charge is -2.05. The molecule has 4 aliphatic rings. The Morgan fingerprint density at radius 1 is 0.600 bits per heavy atom. The maximum Gasteiger partial charge on any atom is 0.0384 e. The second-order valence-corrected chi connectivity index (χ2v) is 4.02. The molecule has 4 bridgehead atoms. The standard InChI is InChI=1S/C14H13N/c1-2-12-5-9-14(10-6-12)15-13-7-3-11(1)4-8-13/h3-10,15H,1-2H2. The summed E-state index contributed by atoms with van der Waals surface area (Å²) in [6.45, 7) is 0. The van der Waals surface area contributed by atoms with Crippen LogP contribution in [0.25, 0.3) is 0 Å². The minimum atomic E-state index is 1.12. The van der Waals surface area contributed by atoms with Crippen molar-refractivity contribution >= 4 is 11.4 Å². The molecule has 1 N–H and O–H groups in total. The maximum atomic E-state index is 3.39. The van der Waals surface area contributed by atoms with E-state index in [4.69, 9.17) is 0 Å². The molecule has 0 aromatic heterocycles. The Morgan fingerprint density at radius 2 is 1.00 bits per heavy atom. The summed E-state index contributed by atoms with van der Waals surface area (Å²) in [7, 11) is 0. The van der Waals surface area contributed by atoms with Crippen molar-refractivity contribution in [1.29, 1.82) is 0 Å². The highest BCUT2D eigenvalue weighted by atomic mass is 14.9. The van der Waals surface area contributed by atoms with E-state index in [1.807, 2.05) is 0 Å². The van der Waals surface area contributed by atoms with Crippen LogP contribution < -0.4 is 5.32 Å². The number of anilines is 2. The monoisotopic (exact) mass is 195 g/mol. The highest BCUT2D eigenvalue weighted by Crippen LogP contribution is 2.20. The molecule has 2 aromatic carbocycles. The molecule has 74 valence electrons. The van der Waals surface area contributed by atoms with Gasteiger partial charge >= 0.3 is 0 Å². The number of benzene rings is 2. The lowest BCUT2D eigenvalue weighted by atomic mass is 10.0. The van der Waals surface area contributed by atoms with E-state index in [0.717, 1.165) is 24.2 Å². The Labute approximate surface area is 89.8 Å². The van der Waals surface area contributed by atoms with E-state index in [2.05, 4.69) is 53.8 Å². The zero-order valence-electron chi connectivity index (χ0n) is 8.53. The summed E-state index contributed by atoms with van der Waals surface area (Å²) in [6.07, 6.45) is 2.25. The van der Waals surface area contributed by atoms with Crippen molar-refractivity contribution in [3.05, 3.63) is 59.7 Å². The molecule has 1 nitrogen and oxygen atoms in total. The number of hydrogen-bond donors (Lipinski definition) is 1. The van der Waals surface area contributed by atoms with E-state index in [0.29, 0.717) is 0 Å². The fraction of sp³-hybridized carbons (Fsp3) is 0.143. The van der Waals surface area contributed by atoms with Gasteiger partial charge in [-0.3, -0.25) is 0 Å². The van der Waals surface area contributed by atoms with E-state index >= 15 is 0 Å². The molecule has 4 aliphatic heterocycles. The van der Waals surface area contributed by atoms with Gasteiger partial charge < -0.3 is 5.32 Å². The minimum Gasteiger partial charge on any atom is -0.356 e. The average Bonchev–Trinajstić information content (AvgIpc) is 2.39. The summed E-state index contributed by atoms with van der Waals surface area (Å²) in [6, 6.07) is 17.4. The maximum absolute atomic E-state index is 3.39. The Hall–Kier alpha value is -1.76. The summed E-state index contributed by atoms with van der Waals surface area (Å²) in [5, 5.41) is 3.39. The van der Waals surface area contributed by atoms with Crippen molar-refractivity contribution in [3.8, 4) is 0 Å². The van der Waals surface area contributed by atoms with Crippen LogP contribution in [-0.2, 0) is 12.8 Å². The van der Waals surface area contributed by atoms with E-state index in [1.165, 1.54) is 11.1 Å². The summed E-state index contributed by atoms with van der Waals surface area (Å²) >= 11 is 0. The second kappa shape index (κ2) is 3.43. The van der Waals surface area contributed by atoms with Crippen molar-refractivity contribution in [1.82, 2.24) is 0 Å². The van der Waals surface area contributed by atoms with Gasteiger partial charge in [0.15, 0.2) is 0 Å². The first-order chi connectivity index (χ1) is 7.40. The SMILES string of the molecule is c1cc2ccc1CCc1ccc(cc1)N2. The lowest BCUT2D eigenvalue weighted by Crippen LogP contribution is -1.89. The van der Waals surface area contributed by atoms with Crippen molar-refractivity contribution in [3.63, 3.8) is 0 Å². The van der Waals surface area contributed by atoms with E-state index in [-0.39, 0.29) is 0 Å². The number of aryl methyl sites for hydroxylation is 2. The fourth-order valence-electron chi connectivity index (χ4n) is 1.96. The molecule has 0 fully saturated rings. The summed E-state index contributed by atoms with van der Waals surface area (Å²) in [4.78, 5) is 0. The smallest absolute Gasteiger partial charge is 0.0384 e. The average molecular weight is 195 g/mol. The van der Waals surface area contributed by atoms with Gasteiger partial charge in [0, 0.05) is 11.4 Å². The van der Waals surface area contributed by atoms with Crippen molar-refractivity contribution in [2.75, 3.05) is 5.32 Å². The molecule has 0 radical (unpaired) electrons. The first-order valence-corrected chi connectivity index (χ1v) is 5.35. The summed E-state index contributed by atoms with van der Waals surface area (Å²) in [5.74, 6) is 0. The third kappa shape index (κ3) is 1.73. The largest absolute Gasteiger partial charge is 0.356 e. The molecule has 0 atom stereocenters. The van der Waals surface area contributed by atoms with Gasteiger partial charge in [-0.2, -0.15) is 0 Å². The predicted octanol–water partition coefficient (Wildman–Crippen LogP) is 3.53. The highest BCUT2D eigenvalue weighted by Gasteiger charge is 2.01. The molecule has 6 rings (SSSR count). The first-order valence-electron chi connectivity index (χ1n) is 5.35. The van der Waals surface area contributed by atoms with Crippen molar-refractivity contribution in [2.24, 2.45) is 0 Å². The molecule has 0 spiro atoms. The van der Waals surface area contributed by atoms with Crippen molar-refractivity contribution < 1.29 is 0 Å².